The number of rotatable bonds is 11. The first-order chi connectivity index (χ1) is 8.94. The summed E-state index contributed by atoms with van der Waals surface area (Å²) in [5.41, 5.74) is 0. The molecule has 0 spiro atoms. The van der Waals surface area contributed by atoms with Gasteiger partial charge in [0.15, 0.2) is 0 Å². The molecule has 2 unspecified atom stereocenters. The molecule has 0 saturated heterocycles. The first-order valence-corrected chi connectivity index (χ1v) is 8.31. The topological polar surface area (TPSA) is 15.3 Å². The maximum atomic E-state index is 3.35. The molecular weight excluding hydrogens is 232 g/mol. The van der Waals surface area contributed by atoms with Gasteiger partial charge in [-0.25, -0.2) is 0 Å². The van der Waals surface area contributed by atoms with Crippen LogP contribution in [-0.4, -0.2) is 37.6 Å². The SMILES string of the molecule is CCC(CCC(C)NC)C[C@H](CC(C)C)N(C)CC. The van der Waals surface area contributed by atoms with E-state index in [0.717, 1.165) is 17.9 Å². The molecule has 0 bridgehead atoms. The fourth-order valence-corrected chi connectivity index (χ4v) is 2.76. The Labute approximate surface area is 122 Å². The molecule has 2 heteroatoms. The average Bonchev–Trinajstić information content (AvgIpc) is 2.40. The molecule has 0 rings (SSSR count). The fraction of sp³-hybridized carbons (Fsp3) is 1.00. The second kappa shape index (κ2) is 10.7. The summed E-state index contributed by atoms with van der Waals surface area (Å²) in [5, 5.41) is 3.35. The van der Waals surface area contributed by atoms with Gasteiger partial charge in [-0.3, -0.25) is 0 Å². The van der Waals surface area contributed by atoms with E-state index in [0.29, 0.717) is 6.04 Å². The third kappa shape index (κ3) is 8.65. The normalized spacial score (nSPS) is 16.9. The van der Waals surface area contributed by atoms with Gasteiger partial charge in [-0.2, -0.15) is 0 Å². The first kappa shape index (κ1) is 18.9. The molecular formula is C17H38N2. The van der Waals surface area contributed by atoms with E-state index in [9.17, 15) is 0 Å². The predicted octanol–water partition coefficient (Wildman–Crippen LogP) is 4.16. The zero-order valence-electron chi connectivity index (χ0n) is 14.5. The Hall–Kier alpha value is -0.0800. The lowest BCUT2D eigenvalue weighted by molar-refractivity contribution is 0.180. The summed E-state index contributed by atoms with van der Waals surface area (Å²) in [6, 6.07) is 1.42. The molecule has 0 aromatic heterocycles. The van der Waals surface area contributed by atoms with Gasteiger partial charge in [0.25, 0.3) is 0 Å². The van der Waals surface area contributed by atoms with Crippen LogP contribution < -0.4 is 5.32 Å². The van der Waals surface area contributed by atoms with Crippen LogP contribution in [0.25, 0.3) is 0 Å². The number of hydrogen-bond acceptors (Lipinski definition) is 2. The summed E-state index contributed by atoms with van der Waals surface area (Å²) in [5.74, 6) is 1.68. The summed E-state index contributed by atoms with van der Waals surface area (Å²) < 4.78 is 0. The molecule has 3 atom stereocenters. The van der Waals surface area contributed by atoms with E-state index in [1.807, 2.05) is 0 Å². The summed E-state index contributed by atoms with van der Waals surface area (Å²) in [4.78, 5) is 2.55. The van der Waals surface area contributed by atoms with Crippen LogP contribution in [0.4, 0.5) is 0 Å². The molecule has 0 amide bonds. The monoisotopic (exact) mass is 270 g/mol. The van der Waals surface area contributed by atoms with Crippen LogP contribution in [0.1, 0.15) is 66.7 Å². The van der Waals surface area contributed by atoms with E-state index in [-0.39, 0.29) is 0 Å². The number of nitrogens with one attached hydrogen (secondary N) is 1. The van der Waals surface area contributed by atoms with Crippen LogP contribution in [0.15, 0.2) is 0 Å². The molecule has 0 radical (unpaired) electrons. The standard InChI is InChI=1S/C17H38N2/c1-8-16(11-10-15(5)18-6)13-17(12-14(3)4)19(7)9-2/h14-18H,8-13H2,1-7H3/t15?,16?,17-/m0/s1. The zero-order chi connectivity index (χ0) is 14.8. The van der Waals surface area contributed by atoms with Crippen molar-refractivity contribution in [2.45, 2.75) is 78.8 Å². The van der Waals surface area contributed by atoms with Crippen molar-refractivity contribution in [3.8, 4) is 0 Å². The predicted molar refractivity (Wildman–Crippen MR) is 87.7 cm³/mol. The van der Waals surface area contributed by atoms with Crippen LogP contribution in [0.5, 0.6) is 0 Å². The van der Waals surface area contributed by atoms with E-state index in [4.69, 9.17) is 0 Å². The Kier molecular flexibility index (Phi) is 10.6. The Bertz CT molecular complexity index is 203. The highest BCUT2D eigenvalue weighted by Crippen LogP contribution is 2.24. The Morgan fingerprint density at radius 3 is 2.05 bits per heavy atom. The highest BCUT2D eigenvalue weighted by atomic mass is 15.1. The van der Waals surface area contributed by atoms with E-state index in [1.165, 1.54) is 38.6 Å². The molecule has 0 aliphatic heterocycles. The van der Waals surface area contributed by atoms with Crippen molar-refractivity contribution in [1.29, 1.82) is 0 Å². The lowest BCUT2D eigenvalue weighted by atomic mass is 9.87. The van der Waals surface area contributed by atoms with Crippen molar-refractivity contribution < 1.29 is 0 Å². The molecule has 1 N–H and O–H groups in total. The Balaban J connectivity index is 4.33. The third-order valence-electron chi connectivity index (χ3n) is 4.55. The molecule has 19 heavy (non-hydrogen) atoms. The maximum absolute atomic E-state index is 3.35. The quantitative estimate of drug-likeness (QED) is 0.606. The third-order valence-corrected chi connectivity index (χ3v) is 4.55. The van der Waals surface area contributed by atoms with Gasteiger partial charge in [-0.15, -0.1) is 0 Å². The van der Waals surface area contributed by atoms with Gasteiger partial charge in [-0.1, -0.05) is 34.1 Å². The average molecular weight is 271 g/mol. The van der Waals surface area contributed by atoms with Crippen LogP contribution in [0.2, 0.25) is 0 Å². The second-order valence-corrected chi connectivity index (χ2v) is 6.63. The zero-order valence-corrected chi connectivity index (χ0v) is 14.5. The summed E-state index contributed by atoms with van der Waals surface area (Å²) in [6.45, 7) is 12.8. The Morgan fingerprint density at radius 2 is 1.63 bits per heavy atom. The van der Waals surface area contributed by atoms with Gasteiger partial charge in [0.1, 0.15) is 0 Å². The van der Waals surface area contributed by atoms with E-state index in [2.05, 4.69) is 58.9 Å². The molecule has 116 valence electrons. The molecule has 2 nitrogen and oxygen atoms in total. The van der Waals surface area contributed by atoms with Crippen molar-refractivity contribution in [2.24, 2.45) is 11.8 Å². The van der Waals surface area contributed by atoms with Crippen LogP contribution in [0, 0.1) is 11.8 Å². The van der Waals surface area contributed by atoms with Gasteiger partial charge in [0.05, 0.1) is 0 Å². The maximum Gasteiger partial charge on any atom is 0.00971 e. The second-order valence-electron chi connectivity index (χ2n) is 6.63. The minimum Gasteiger partial charge on any atom is -0.317 e. The van der Waals surface area contributed by atoms with Gasteiger partial charge in [-0.05, 0) is 65.1 Å². The number of hydrogen-bond donors (Lipinski definition) is 1. The summed E-state index contributed by atoms with van der Waals surface area (Å²) in [6.07, 6.45) is 6.70. The van der Waals surface area contributed by atoms with Gasteiger partial charge in [0, 0.05) is 12.1 Å². The van der Waals surface area contributed by atoms with Gasteiger partial charge < -0.3 is 10.2 Å². The van der Waals surface area contributed by atoms with Crippen molar-refractivity contribution >= 4 is 0 Å². The van der Waals surface area contributed by atoms with Crippen molar-refractivity contribution in [3.05, 3.63) is 0 Å². The lowest BCUT2D eigenvalue weighted by Gasteiger charge is -2.32. The molecule has 0 aromatic rings. The van der Waals surface area contributed by atoms with Crippen LogP contribution >= 0.6 is 0 Å². The first-order valence-electron chi connectivity index (χ1n) is 8.31. The lowest BCUT2D eigenvalue weighted by Crippen LogP contribution is -2.34. The van der Waals surface area contributed by atoms with Crippen LogP contribution in [0.3, 0.4) is 0 Å². The molecule has 0 aliphatic rings. The smallest absolute Gasteiger partial charge is 0.00971 e. The van der Waals surface area contributed by atoms with Crippen molar-refractivity contribution in [2.75, 3.05) is 20.6 Å². The van der Waals surface area contributed by atoms with Crippen molar-refractivity contribution in [3.63, 3.8) is 0 Å². The molecule has 0 aliphatic carbocycles. The largest absolute Gasteiger partial charge is 0.317 e. The highest BCUT2D eigenvalue weighted by Gasteiger charge is 2.20. The molecule has 0 heterocycles. The van der Waals surface area contributed by atoms with Gasteiger partial charge >= 0.3 is 0 Å². The van der Waals surface area contributed by atoms with Crippen molar-refractivity contribution in [1.82, 2.24) is 10.2 Å². The molecule has 0 aromatic carbocycles. The Morgan fingerprint density at radius 1 is 1.00 bits per heavy atom. The minimum absolute atomic E-state index is 0.654. The molecule has 0 fully saturated rings. The summed E-state index contributed by atoms with van der Waals surface area (Å²) in [7, 11) is 4.36. The van der Waals surface area contributed by atoms with Gasteiger partial charge in [0.2, 0.25) is 0 Å². The van der Waals surface area contributed by atoms with E-state index < -0.39 is 0 Å². The van der Waals surface area contributed by atoms with E-state index in [1.54, 1.807) is 0 Å². The highest BCUT2D eigenvalue weighted by molar-refractivity contribution is 4.75. The number of nitrogens with zero attached hydrogens (tertiary/aromatic N) is 1. The fourth-order valence-electron chi connectivity index (χ4n) is 2.76. The molecule has 0 saturated carbocycles. The van der Waals surface area contributed by atoms with E-state index >= 15 is 0 Å². The van der Waals surface area contributed by atoms with Crippen LogP contribution in [-0.2, 0) is 0 Å². The summed E-state index contributed by atoms with van der Waals surface area (Å²) >= 11 is 0. The minimum atomic E-state index is 0.654.